The number of carbonyl (C=O) groups is 1. The first-order chi connectivity index (χ1) is 14.5. The van der Waals surface area contributed by atoms with Gasteiger partial charge in [-0.05, 0) is 63.5 Å². The molecule has 1 fully saturated rings. The molecule has 0 aliphatic carbocycles. The van der Waals surface area contributed by atoms with Crippen molar-refractivity contribution < 1.29 is 9.53 Å². The zero-order valence-electron chi connectivity index (χ0n) is 16.0. The number of thioether (sulfide) groups is 1. The minimum absolute atomic E-state index is 0.169. The van der Waals surface area contributed by atoms with Crippen molar-refractivity contribution in [3.63, 3.8) is 0 Å². The zero-order valence-corrected chi connectivity index (χ0v) is 20.0. The van der Waals surface area contributed by atoms with Gasteiger partial charge in [0, 0.05) is 10.0 Å². The molecule has 7 heteroatoms. The molecule has 0 radical (unpaired) electrons. The number of nitrogens with zero attached hydrogens (tertiary/aromatic N) is 1. The molecule has 0 aromatic heterocycles. The maximum atomic E-state index is 13.2. The Morgan fingerprint density at radius 1 is 1.20 bits per heavy atom. The van der Waals surface area contributed by atoms with Crippen LogP contribution in [0.2, 0.25) is 5.02 Å². The van der Waals surface area contributed by atoms with E-state index in [-0.39, 0.29) is 5.91 Å². The fourth-order valence-electron chi connectivity index (χ4n) is 3.21. The van der Waals surface area contributed by atoms with Crippen LogP contribution in [-0.2, 0) is 4.79 Å². The Morgan fingerprint density at radius 2 is 2.00 bits per heavy atom. The molecule has 1 heterocycles. The lowest BCUT2D eigenvalue weighted by Crippen LogP contribution is -2.27. The Bertz CT molecular complexity index is 1200. The molecule has 0 unspecified atom stereocenters. The summed E-state index contributed by atoms with van der Waals surface area (Å²) >= 11 is 16.4. The second kappa shape index (κ2) is 9.10. The Morgan fingerprint density at radius 3 is 2.77 bits per heavy atom. The minimum Gasteiger partial charge on any atom is -0.493 e. The molecule has 4 rings (SSSR count). The van der Waals surface area contributed by atoms with E-state index >= 15 is 0 Å². The molecule has 1 aliphatic rings. The van der Waals surface area contributed by atoms with Crippen molar-refractivity contribution in [3.05, 3.63) is 74.6 Å². The Hall–Kier alpha value is -1.86. The molecule has 3 aromatic carbocycles. The lowest BCUT2D eigenvalue weighted by molar-refractivity contribution is -0.113. The predicted molar refractivity (Wildman–Crippen MR) is 135 cm³/mol. The van der Waals surface area contributed by atoms with Gasteiger partial charge in [0.05, 0.1) is 22.2 Å². The summed E-state index contributed by atoms with van der Waals surface area (Å²) in [5.74, 6) is 0.588. The summed E-state index contributed by atoms with van der Waals surface area (Å²) in [6.45, 7) is 2.67. The van der Waals surface area contributed by atoms with Crippen LogP contribution in [0.1, 0.15) is 18.9 Å². The number of fused-ring (bicyclic) bond motifs is 1. The van der Waals surface area contributed by atoms with Crippen LogP contribution in [0.5, 0.6) is 5.75 Å². The van der Waals surface area contributed by atoms with Crippen LogP contribution in [0.15, 0.2) is 64.0 Å². The van der Waals surface area contributed by atoms with Gasteiger partial charge in [0.2, 0.25) is 0 Å². The Balaban J connectivity index is 1.78. The predicted octanol–water partition coefficient (Wildman–Crippen LogP) is 7.45. The largest absolute Gasteiger partial charge is 0.493 e. The molecule has 0 saturated carbocycles. The van der Waals surface area contributed by atoms with Gasteiger partial charge in [0.25, 0.3) is 5.91 Å². The van der Waals surface area contributed by atoms with Gasteiger partial charge in [-0.25, -0.2) is 0 Å². The molecule has 0 bridgehead atoms. The van der Waals surface area contributed by atoms with Crippen molar-refractivity contribution in [2.45, 2.75) is 13.3 Å². The van der Waals surface area contributed by atoms with Crippen molar-refractivity contribution in [1.82, 2.24) is 0 Å². The Kier molecular flexibility index (Phi) is 6.48. The molecule has 3 nitrogen and oxygen atoms in total. The number of thiocarbonyl (C=S) groups is 1. The first-order valence-corrected chi connectivity index (χ1v) is 11.8. The van der Waals surface area contributed by atoms with E-state index in [1.807, 2.05) is 48.5 Å². The minimum atomic E-state index is -0.169. The van der Waals surface area contributed by atoms with Crippen LogP contribution in [0.4, 0.5) is 5.69 Å². The van der Waals surface area contributed by atoms with E-state index < -0.39 is 0 Å². The summed E-state index contributed by atoms with van der Waals surface area (Å²) in [4.78, 5) is 15.3. The highest BCUT2D eigenvalue weighted by atomic mass is 79.9. The fourth-order valence-corrected chi connectivity index (χ4v) is 4.91. The van der Waals surface area contributed by atoms with E-state index in [0.717, 1.165) is 33.0 Å². The van der Waals surface area contributed by atoms with Gasteiger partial charge in [0.15, 0.2) is 4.32 Å². The summed E-state index contributed by atoms with van der Waals surface area (Å²) in [5.41, 5.74) is 1.53. The average Bonchev–Trinajstić information content (AvgIpc) is 3.02. The molecule has 1 saturated heterocycles. The van der Waals surface area contributed by atoms with Gasteiger partial charge in [0.1, 0.15) is 5.75 Å². The van der Waals surface area contributed by atoms with Crippen LogP contribution < -0.4 is 9.64 Å². The molecular weight excluding hydrogens is 502 g/mol. The average molecular weight is 519 g/mol. The van der Waals surface area contributed by atoms with E-state index in [9.17, 15) is 4.79 Å². The molecule has 0 spiro atoms. The highest BCUT2D eigenvalue weighted by Crippen LogP contribution is 2.40. The van der Waals surface area contributed by atoms with Crippen molar-refractivity contribution in [2.24, 2.45) is 0 Å². The molecule has 3 aromatic rings. The number of halogens is 2. The van der Waals surface area contributed by atoms with Crippen LogP contribution in [0.3, 0.4) is 0 Å². The van der Waals surface area contributed by atoms with Crippen LogP contribution >= 0.6 is 51.5 Å². The third-order valence-electron chi connectivity index (χ3n) is 4.62. The van der Waals surface area contributed by atoms with Gasteiger partial charge in [-0.1, -0.05) is 72.8 Å². The topological polar surface area (TPSA) is 29.5 Å². The molecule has 0 atom stereocenters. The summed E-state index contributed by atoms with van der Waals surface area (Å²) < 4.78 is 7.21. The number of carbonyl (C=O) groups excluding carboxylic acids is 1. The Labute approximate surface area is 198 Å². The fraction of sp³-hybridized carbons (Fsp3) is 0.130. The molecule has 1 aliphatic heterocycles. The van der Waals surface area contributed by atoms with E-state index in [1.165, 1.54) is 16.7 Å². The first kappa shape index (κ1) is 21.4. The highest BCUT2D eigenvalue weighted by Gasteiger charge is 2.34. The van der Waals surface area contributed by atoms with Gasteiger partial charge in [-0.15, -0.1) is 0 Å². The number of ether oxygens (including phenoxy) is 1. The highest BCUT2D eigenvalue weighted by molar-refractivity contribution is 9.10. The number of rotatable bonds is 5. The van der Waals surface area contributed by atoms with E-state index in [1.54, 1.807) is 12.1 Å². The first-order valence-electron chi connectivity index (χ1n) is 9.37. The zero-order chi connectivity index (χ0) is 21.3. The van der Waals surface area contributed by atoms with E-state index in [2.05, 4.69) is 22.9 Å². The smallest absolute Gasteiger partial charge is 0.270 e. The van der Waals surface area contributed by atoms with Crippen molar-refractivity contribution in [1.29, 1.82) is 0 Å². The second-order valence-electron chi connectivity index (χ2n) is 6.66. The summed E-state index contributed by atoms with van der Waals surface area (Å²) in [6.07, 6.45) is 2.78. The van der Waals surface area contributed by atoms with E-state index in [0.29, 0.717) is 26.5 Å². The van der Waals surface area contributed by atoms with Gasteiger partial charge in [-0.3, -0.25) is 9.69 Å². The summed E-state index contributed by atoms with van der Waals surface area (Å²) in [6, 6.07) is 17.4. The number of anilines is 1. The summed E-state index contributed by atoms with van der Waals surface area (Å²) in [5, 5.41) is 2.64. The lowest BCUT2D eigenvalue weighted by atomic mass is 10.0. The molecule has 0 N–H and O–H groups in total. The number of amides is 1. The van der Waals surface area contributed by atoms with Crippen LogP contribution in [-0.4, -0.2) is 16.8 Å². The number of benzene rings is 3. The molecular formula is C23H17BrClNO2S2. The van der Waals surface area contributed by atoms with Gasteiger partial charge >= 0.3 is 0 Å². The number of hydrogen-bond acceptors (Lipinski definition) is 4. The third-order valence-corrected chi connectivity index (χ3v) is 7.16. The summed E-state index contributed by atoms with van der Waals surface area (Å²) in [7, 11) is 0. The second-order valence-corrected chi connectivity index (χ2v) is 9.60. The van der Waals surface area contributed by atoms with E-state index in [4.69, 9.17) is 28.6 Å². The lowest BCUT2D eigenvalue weighted by Gasteiger charge is -2.15. The number of hydrogen-bond donors (Lipinski definition) is 0. The van der Waals surface area contributed by atoms with Crippen molar-refractivity contribution in [2.75, 3.05) is 11.5 Å². The van der Waals surface area contributed by atoms with Crippen molar-refractivity contribution in [3.8, 4) is 5.75 Å². The van der Waals surface area contributed by atoms with Gasteiger partial charge in [-0.2, -0.15) is 0 Å². The van der Waals surface area contributed by atoms with Crippen LogP contribution in [0.25, 0.3) is 16.8 Å². The van der Waals surface area contributed by atoms with Crippen molar-refractivity contribution >= 4 is 84.3 Å². The molecule has 30 heavy (non-hydrogen) atoms. The van der Waals surface area contributed by atoms with Crippen LogP contribution in [0, 0.1) is 0 Å². The quantitative estimate of drug-likeness (QED) is 0.259. The normalized spacial score (nSPS) is 15.4. The SMILES string of the molecule is CCCOc1ccc2ccccc2c1/C=C1\SC(=S)N(c2ccc(Br)c(Cl)c2)C1=O. The molecule has 152 valence electrons. The van der Waals surface area contributed by atoms with Gasteiger partial charge < -0.3 is 4.74 Å². The maximum absolute atomic E-state index is 13.2. The molecule has 1 amide bonds. The monoisotopic (exact) mass is 517 g/mol. The standard InChI is InChI=1S/C23H17BrClNO2S2/c1-2-11-28-20-10-7-14-5-3-4-6-16(14)17(20)13-21-22(27)26(23(29)30-21)15-8-9-18(24)19(25)12-15/h3-10,12-13H,2,11H2,1H3/b21-13-. The maximum Gasteiger partial charge on any atom is 0.270 e. The third kappa shape index (κ3) is 4.14.